The van der Waals surface area contributed by atoms with Crippen molar-refractivity contribution in [2.24, 2.45) is 0 Å². The zero-order chi connectivity index (χ0) is 13.1. The minimum absolute atomic E-state index is 0.0560. The van der Waals surface area contributed by atoms with Gasteiger partial charge in [0, 0.05) is 13.6 Å². The van der Waals surface area contributed by atoms with Gasteiger partial charge < -0.3 is 10.2 Å². The normalized spacial score (nSPS) is 13.9. The molecule has 0 amide bonds. The van der Waals surface area contributed by atoms with Crippen LogP contribution in [0.1, 0.15) is 18.6 Å². The van der Waals surface area contributed by atoms with Crippen LogP contribution in [0.5, 0.6) is 0 Å². The number of benzene rings is 1. The van der Waals surface area contributed by atoms with E-state index in [9.17, 15) is 13.5 Å². The predicted octanol–water partition coefficient (Wildman–Crippen LogP) is 0.353. The number of nitrogens with zero attached hydrogens (tertiary/aromatic N) is 1. The summed E-state index contributed by atoms with van der Waals surface area (Å²) >= 11 is 0. The molecule has 0 saturated carbocycles. The molecule has 1 aromatic carbocycles. The molecule has 5 nitrogen and oxygen atoms in total. The number of hydrogen-bond acceptors (Lipinski definition) is 4. The smallest absolute Gasteiger partial charge is 0.242 e. The van der Waals surface area contributed by atoms with E-state index in [1.165, 1.54) is 19.2 Å². The van der Waals surface area contributed by atoms with Gasteiger partial charge in [0.05, 0.1) is 17.6 Å². The number of aliphatic hydroxyl groups is 2. The van der Waals surface area contributed by atoms with Crippen LogP contribution in [0.15, 0.2) is 29.2 Å². The highest BCUT2D eigenvalue weighted by atomic mass is 32.2. The fourth-order valence-electron chi connectivity index (χ4n) is 1.36. The van der Waals surface area contributed by atoms with Gasteiger partial charge >= 0.3 is 0 Å². The molecule has 17 heavy (non-hydrogen) atoms. The van der Waals surface area contributed by atoms with Crippen molar-refractivity contribution < 1.29 is 18.6 Å². The van der Waals surface area contributed by atoms with Crippen molar-refractivity contribution in [3.05, 3.63) is 29.8 Å². The van der Waals surface area contributed by atoms with Crippen molar-refractivity contribution in [3.63, 3.8) is 0 Å². The number of rotatable bonds is 5. The molecule has 1 aromatic rings. The SMILES string of the molecule is CC(O)c1ccc(S(=O)(=O)N(C)CCO)cc1. The van der Waals surface area contributed by atoms with Crippen LogP contribution in [0, 0.1) is 0 Å². The summed E-state index contributed by atoms with van der Waals surface area (Å²) in [5.74, 6) is 0. The van der Waals surface area contributed by atoms with Crippen molar-refractivity contribution in [1.29, 1.82) is 0 Å². The van der Waals surface area contributed by atoms with E-state index in [-0.39, 0.29) is 18.0 Å². The van der Waals surface area contributed by atoms with Crippen LogP contribution < -0.4 is 0 Å². The third kappa shape index (κ3) is 3.26. The van der Waals surface area contributed by atoms with Crippen LogP contribution in [-0.4, -0.2) is 43.1 Å². The summed E-state index contributed by atoms with van der Waals surface area (Å²) in [4.78, 5) is 0.151. The van der Waals surface area contributed by atoms with Crippen LogP contribution in [0.4, 0.5) is 0 Å². The zero-order valence-corrected chi connectivity index (χ0v) is 10.7. The van der Waals surface area contributed by atoms with Gasteiger partial charge in [-0.2, -0.15) is 4.31 Å². The maximum absolute atomic E-state index is 12.0. The minimum atomic E-state index is -3.55. The topological polar surface area (TPSA) is 77.8 Å². The van der Waals surface area contributed by atoms with Gasteiger partial charge in [0.1, 0.15) is 0 Å². The highest BCUT2D eigenvalue weighted by molar-refractivity contribution is 7.89. The quantitative estimate of drug-likeness (QED) is 0.800. The van der Waals surface area contributed by atoms with Gasteiger partial charge in [-0.05, 0) is 24.6 Å². The Balaban J connectivity index is 3.00. The molecule has 1 rings (SSSR count). The van der Waals surface area contributed by atoms with Crippen LogP contribution >= 0.6 is 0 Å². The summed E-state index contributed by atoms with van der Waals surface area (Å²) in [6.45, 7) is 1.45. The fourth-order valence-corrected chi connectivity index (χ4v) is 2.52. The van der Waals surface area contributed by atoms with E-state index in [0.29, 0.717) is 5.56 Å². The van der Waals surface area contributed by atoms with Crippen LogP contribution in [0.25, 0.3) is 0 Å². The minimum Gasteiger partial charge on any atom is -0.395 e. The Hall–Kier alpha value is -0.950. The molecule has 0 aliphatic carbocycles. The van der Waals surface area contributed by atoms with E-state index in [4.69, 9.17) is 5.11 Å². The van der Waals surface area contributed by atoms with Gasteiger partial charge in [0.15, 0.2) is 0 Å². The van der Waals surface area contributed by atoms with Crippen molar-refractivity contribution in [1.82, 2.24) is 4.31 Å². The lowest BCUT2D eigenvalue weighted by Crippen LogP contribution is -2.29. The molecule has 96 valence electrons. The molecule has 0 aromatic heterocycles. The Labute approximate surface area is 101 Å². The van der Waals surface area contributed by atoms with Gasteiger partial charge in [-0.15, -0.1) is 0 Å². The summed E-state index contributed by atoms with van der Waals surface area (Å²) in [6, 6.07) is 6.05. The number of likely N-dealkylation sites (N-methyl/N-ethyl adjacent to an activating group) is 1. The van der Waals surface area contributed by atoms with Crippen molar-refractivity contribution >= 4 is 10.0 Å². The lowest BCUT2D eigenvalue weighted by atomic mass is 10.1. The van der Waals surface area contributed by atoms with Gasteiger partial charge in [-0.25, -0.2) is 8.42 Å². The van der Waals surface area contributed by atoms with Crippen LogP contribution in [-0.2, 0) is 10.0 Å². The van der Waals surface area contributed by atoms with Crippen LogP contribution in [0.2, 0.25) is 0 Å². The lowest BCUT2D eigenvalue weighted by Gasteiger charge is -2.16. The molecule has 0 saturated heterocycles. The molecular weight excluding hydrogens is 242 g/mol. The molecule has 0 aliphatic heterocycles. The zero-order valence-electron chi connectivity index (χ0n) is 9.87. The number of hydrogen-bond donors (Lipinski definition) is 2. The Morgan fingerprint density at radius 1 is 1.29 bits per heavy atom. The third-order valence-electron chi connectivity index (χ3n) is 2.49. The summed E-state index contributed by atoms with van der Waals surface area (Å²) in [6.07, 6.45) is -0.623. The molecule has 2 N–H and O–H groups in total. The van der Waals surface area contributed by atoms with Gasteiger partial charge in [-0.1, -0.05) is 12.1 Å². The average Bonchev–Trinajstić information content (AvgIpc) is 2.29. The van der Waals surface area contributed by atoms with E-state index in [1.807, 2.05) is 0 Å². The predicted molar refractivity (Wildman–Crippen MR) is 64.0 cm³/mol. The summed E-state index contributed by atoms with van der Waals surface area (Å²) in [7, 11) is -2.14. The maximum atomic E-state index is 12.0. The first-order valence-corrected chi connectivity index (χ1v) is 6.69. The van der Waals surface area contributed by atoms with Gasteiger partial charge in [-0.3, -0.25) is 0 Å². The molecule has 6 heteroatoms. The van der Waals surface area contributed by atoms with E-state index in [1.54, 1.807) is 19.1 Å². The largest absolute Gasteiger partial charge is 0.395 e. The molecule has 1 unspecified atom stereocenters. The van der Waals surface area contributed by atoms with Gasteiger partial charge in [0.2, 0.25) is 10.0 Å². The Morgan fingerprint density at radius 2 is 1.82 bits per heavy atom. The molecular formula is C11H17NO4S. The second-order valence-electron chi connectivity index (χ2n) is 3.80. The second kappa shape index (κ2) is 5.59. The summed E-state index contributed by atoms with van der Waals surface area (Å²) in [5, 5.41) is 18.0. The van der Waals surface area contributed by atoms with Crippen molar-refractivity contribution in [3.8, 4) is 0 Å². The number of aliphatic hydroxyl groups excluding tert-OH is 2. The molecule has 0 radical (unpaired) electrons. The van der Waals surface area contributed by atoms with E-state index >= 15 is 0 Å². The molecule has 0 heterocycles. The van der Waals surface area contributed by atoms with Gasteiger partial charge in [0.25, 0.3) is 0 Å². The summed E-state index contributed by atoms with van der Waals surface area (Å²) in [5.41, 5.74) is 0.661. The Kier molecular flexibility index (Phi) is 4.64. The molecule has 1 atom stereocenters. The standard InChI is InChI=1S/C11H17NO4S/c1-9(14)10-3-5-11(6-4-10)17(15,16)12(2)7-8-13/h3-6,9,13-14H,7-8H2,1-2H3. The highest BCUT2D eigenvalue weighted by Crippen LogP contribution is 2.18. The Bertz CT molecular complexity index is 453. The molecule has 0 bridgehead atoms. The summed E-state index contributed by atoms with van der Waals surface area (Å²) < 4.78 is 25.0. The first kappa shape index (κ1) is 14.1. The average molecular weight is 259 g/mol. The molecule has 0 aliphatic rings. The molecule has 0 fully saturated rings. The number of sulfonamides is 1. The fraction of sp³-hybridized carbons (Fsp3) is 0.455. The van der Waals surface area contributed by atoms with E-state index in [2.05, 4.69) is 0 Å². The maximum Gasteiger partial charge on any atom is 0.242 e. The van der Waals surface area contributed by atoms with E-state index < -0.39 is 16.1 Å². The monoisotopic (exact) mass is 259 g/mol. The first-order valence-electron chi connectivity index (χ1n) is 5.25. The van der Waals surface area contributed by atoms with Crippen molar-refractivity contribution in [2.45, 2.75) is 17.9 Å². The molecule has 0 spiro atoms. The van der Waals surface area contributed by atoms with E-state index in [0.717, 1.165) is 4.31 Å². The third-order valence-corrected chi connectivity index (χ3v) is 4.36. The lowest BCUT2D eigenvalue weighted by molar-refractivity contribution is 0.199. The second-order valence-corrected chi connectivity index (χ2v) is 5.84. The first-order chi connectivity index (χ1) is 7.89. The van der Waals surface area contributed by atoms with Crippen LogP contribution in [0.3, 0.4) is 0 Å². The Morgan fingerprint density at radius 3 is 2.24 bits per heavy atom. The van der Waals surface area contributed by atoms with Crippen molar-refractivity contribution in [2.75, 3.05) is 20.2 Å². The highest BCUT2D eigenvalue weighted by Gasteiger charge is 2.19.